The van der Waals surface area contributed by atoms with Crippen LogP contribution in [0.3, 0.4) is 0 Å². The number of aromatic nitrogens is 2. The number of hydrogen-bond donors (Lipinski definition) is 1. The van der Waals surface area contributed by atoms with Gasteiger partial charge in [0.2, 0.25) is 5.91 Å². The van der Waals surface area contributed by atoms with E-state index < -0.39 is 10.8 Å². The fraction of sp³-hybridized carbons (Fsp3) is 0.227. The van der Waals surface area contributed by atoms with E-state index in [9.17, 15) is 19.7 Å². The molecule has 10 nitrogen and oxygen atoms in total. The van der Waals surface area contributed by atoms with E-state index in [0.717, 1.165) is 5.69 Å². The summed E-state index contributed by atoms with van der Waals surface area (Å²) in [6.07, 6.45) is 2.89. The minimum absolute atomic E-state index is 0.0311. The Kier molecular flexibility index (Phi) is 6.55. The second-order valence-electron chi connectivity index (χ2n) is 7.47. The van der Waals surface area contributed by atoms with E-state index in [1.807, 2.05) is 24.3 Å². The molecule has 2 aromatic carbocycles. The Hall–Kier alpha value is -3.92. The lowest BCUT2D eigenvalue weighted by Gasteiger charge is -2.36. The van der Waals surface area contributed by atoms with Gasteiger partial charge < -0.3 is 15.1 Å². The Morgan fingerprint density at radius 1 is 1.00 bits per heavy atom. The fourth-order valence-corrected chi connectivity index (χ4v) is 3.67. The molecule has 1 aliphatic heterocycles. The van der Waals surface area contributed by atoms with Crippen LogP contribution in [0.4, 0.5) is 11.4 Å². The molecule has 1 fully saturated rings. The number of piperazine rings is 1. The molecule has 0 atom stereocenters. The van der Waals surface area contributed by atoms with Gasteiger partial charge >= 0.3 is 0 Å². The predicted molar refractivity (Wildman–Crippen MR) is 123 cm³/mol. The van der Waals surface area contributed by atoms with Crippen LogP contribution >= 0.6 is 11.6 Å². The first kappa shape index (κ1) is 22.3. The maximum absolute atomic E-state index is 12.5. The molecular formula is C22H21ClN6O4. The van der Waals surface area contributed by atoms with Crippen molar-refractivity contribution in [3.05, 3.63) is 81.6 Å². The molecule has 0 spiro atoms. The van der Waals surface area contributed by atoms with Gasteiger partial charge in [-0.2, -0.15) is 5.10 Å². The maximum Gasteiger partial charge on any atom is 0.269 e. The van der Waals surface area contributed by atoms with Crippen molar-refractivity contribution < 1.29 is 14.5 Å². The standard InChI is InChI=1S/C22H21ClN6O4/c23-17-1-3-18(4-2-17)26-9-11-27(12-10-26)21(30)14-24-22(31)16-13-25-28(15-16)19-5-7-20(8-6-19)29(32)33/h1-8,13,15H,9-12,14H2,(H,24,31). The fourth-order valence-electron chi connectivity index (χ4n) is 3.54. The molecule has 4 rings (SSSR count). The Balaban J connectivity index is 1.27. The molecule has 1 aliphatic rings. The van der Waals surface area contributed by atoms with Crippen molar-refractivity contribution in [3.63, 3.8) is 0 Å². The van der Waals surface area contributed by atoms with E-state index in [1.165, 1.54) is 29.2 Å². The first-order valence-corrected chi connectivity index (χ1v) is 10.6. The van der Waals surface area contributed by atoms with Crippen molar-refractivity contribution in [2.75, 3.05) is 37.6 Å². The third-order valence-corrected chi connectivity index (χ3v) is 5.65. The molecule has 1 saturated heterocycles. The first-order chi connectivity index (χ1) is 15.9. The van der Waals surface area contributed by atoms with Crippen LogP contribution in [0.1, 0.15) is 10.4 Å². The maximum atomic E-state index is 12.5. The normalized spacial score (nSPS) is 13.6. The van der Waals surface area contributed by atoms with Gasteiger partial charge in [-0.3, -0.25) is 19.7 Å². The van der Waals surface area contributed by atoms with Gasteiger partial charge in [0.25, 0.3) is 11.6 Å². The number of anilines is 1. The smallest absolute Gasteiger partial charge is 0.269 e. The zero-order valence-electron chi connectivity index (χ0n) is 17.6. The molecule has 11 heteroatoms. The number of nitro benzene ring substituents is 1. The van der Waals surface area contributed by atoms with Crippen molar-refractivity contribution in [1.82, 2.24) is 20.0 Å². The number of nitro groups is 1. The molecule has 0 unspecified atom stereocenters. The lowest BCUT2D eigenvalue weighted by Crippen LogP contribution is -2.51. The van der Waals surface area contributed by atoms with Gasteiger partial charge in [-0.25, -0.2) is 4.68 Å². The second-order valence-corrected chi connectivity index (χ2v) is 7.91. The minimum atomic E-state index is -0.486. The summed E-state index contributed by atoms with van der Waals surface area (Å²) in [7, 11) is 0. The Labute approximate surface area is 194 Å². The van der Waals surface area contributed by atoms with Crippen molar-refractivity contribution in [3.8, 4) is 5.69 Å². The van der Waals surface area contributed by atoms with Gasteiger partial charge in [0.15, 0.2) is 0 Å². The van der Waals surface area contributed by atoms with E-state index in [0.29, 0.717) is 36.9 Å². The highest BCUT2D eigenvalue weighted by atomic mass is 35.5. The van der Waals surface area contributed by atoms with E-state index in [-0.39, 0.29) is 23.7 Å². The highest BCUT2D eigenvalue weighted by Crippen LogP contribution is 2.19. The van der Waals surface area contributed by atoms with Crippen LogP contribution in [0.15, 0.2) is 60.9 Å². The molecule has 1 N–H and O–H groups in total. The molecule has 3 aromatic rings. The quantitative estimate of drug-likeness (QED) is 0.439. The summed E-state index contributed by atoms with van der Waals surface area (Å²) in [4.78, 5) is 39.2. The number of hydrogen-bond acceptors (Lipinski definition) is 6. The van der Waals surface area contributed by atoms with Crippen LogP contribution < -0.4 is 10.2 Å². The Bertz CT molecular complexity index is 1150. The number of carbonyl (C=O) groups excluding carboxylic acids is 2. The zero-order chi connectivity index (χ0) is 23.4. The van der Waals surface area contributed by atoms with Crippen molar-refractivity contribution >= 4 is 34.8 Å². The molecule has 2 heterocycles. The average molecular weight is 469 g/mol. The SMILES string of the molecule is O=C(NCC(=O)N1CCN(c2ccc(Cl)cc2)CC1)c1cnn(-c2ccc([N+](=O)[O-])cc2)c1. The first-order valence-electron chi connectivity index (χ1n) is 10.3. The third kappa shape index (κ3) is 5.29. The van der Waals surface area contributed by atoms with Crippen LogP contribution in [0.25, 0.3) is 5.69 Å². The third-order valence-electron chi connectivity index (χ3n) is 5.39. The summed E-state index contributed by atoms with van der Waals surface area (Å²) in [5.41, 5.74) is 1.89. The van der Waals surface area contributed by atoms with Gasteiger partial charge in [-0.15, -0.1) is 0 Å². The van der Waals surface area contributed by atoms with Gasteiger partial charge in [0, 0.05) is 55.2 Å². The summed E-state index contributed by atoms with van der Waals surface area (Å²) < 4.78 is 1.44. The molecule has 33 heavy (non-hydrogen) atoms. The Morgan fingerprint density at radius 3 is 2.27 bits per heavy atom. The summed E-state index contributed by atoms with van der Waals surface area (Å²) in [5.74, 6) is -0.571. The van der Waals surface area contributed by atoms with Gasteiger partial charge in [0.1, 0.15) is 0 Å². The summed E-state index contributed by atoms with van der Waals surface area (Å²) >= 11 is 5.93. The van der Waals surface area contributed by atoms with Crippen molar-refractivity contribution in [2.24, 2.45) is 0 Å². The molecule has 0 radical (unpaired) electrons. The summed E-state index contributed by atoms with van der Waals surface area (Å²) in [6, 6.07) is 13.4. The number of non-ortho nitro benzene ring substituents is 1. The number of carbonyl (C=O) groups is 2. The van der Waals surface area contributed by atoms with Crippen LogP contribution in [-0.4, -0.2) is 64.1 Å². The van der Waals surface area contributed by atoms with E-state index >= 15 is 0 Å². The monoisotopic (exact) mass is 468 g/mol. The lowest BCUT2D eigenvalue weighted by atomic mass is 10.2. The van der Waals surface area contributed by atoms with Gasteiger partial charge in [-0.1, -0.05) is 11.6 Å². The second kappa shape index (κ2) is 9.70. The van der Waals surface area contributed by atoms with Gasteiger partial charge in [0.05, 0.1) is 28.9 Å². The molecule has 0 saturated carbocycles. The molecule has 2 amide bonds. The number of benzene rings is 2. The minimum Gasteiger partial charge on any atom is -0.368 e. The van der Waals surface area contributed by atoms with Crippen LogP contribution in [0.5, 0.6) is 0 Å². The van der Waals surface area contributed by atoms with Crippen molar-refractivity contribution in [1.29, 1.82) is 0 Å². The molecule has 170 valence electrons. The number of rotatable bonds is 6. The predicted octanol–water partition coefficient (Wildman–Crippen LogP) is 2.51. The van der Waals surface area contributed by atoms with E-state index in [2.05, 4.69) is 15.3 Å². The zero-order valence-corrected chi connectivity index (χ0v) is 18.3. The number of amides is 2. The Morgan fingerprint density at radius 2 is 1.64 bits per heavy atom. The van der Waals surface area contributed by atoms with Crippen LogP contribution in [0.2, 0.25) is 5.02 Å². The van der Waals surface area contributed by atoms with Crippen molar-refractivity contribution in [2.45, 2.75) is 0 Å². The molecule has 1 aromatic heterocycles. The van der Waals surface area contributed by atoms with E-state index in [1.54, 1.807) is 17.0 Å². The highest BCUT2D eigenvalue weighted by molar-refractivity contribution is 6.30. The average Bonchev–Trinajstić information content (AvgIpc) is 3.33. The van der Waals surface area contributed by atoms with E-state index in [4.69, 9.17) is 11.6 Å². The van der Waals surface area contributed by atoms with Crippen LogP contribution in [0, 0.1) is 10.1 Å². The lowest BCUT2D eigenvalue weighted by molar-refractivity contribution is -0.384. The van der Waals surface area contributed by atoms with Gasteiger partial charge in [-0.05, 0) is 36.4 Å². The summed E-state index contributed by atoms with van der Waals surface area (Å²) in [6.45, 7) is 2.42. The number of nitrogens with zero attached hydrogens (tertiary/aromatic N) is 5. The number of halogens is 1. The molecule has 0 aliphatic carbocycles. The highest BCUT2D eigenvalue weighted by Gasteiger charge is 2.22. The summed E-state index contributed by atoms with van der Waals surface area (Å²) in [5, 5.41) is 18.2. The molecule has 0 bridgehead atoms. The number of nitrogens with one attached hydrogen (secondary N) is 1. The molecular weight excluding hydrogens is 448 g/mol. The largest absolute Gasteiger partial charge is 0.368 e. The van der Waals surface area contributed by atoms with Crippen LogP contribution in [-0.2, 0) is 4.79 Å². The topological polar surface area (TPSA) is 114 Å².